The molecule has 3 rings (SSSR count). The van der Waals surface area contributed by atoms with E-state index in [4.69, 9.17) is 5.73 Å². The van der Waals surface area contributed by atoms with Crippen LogP contribution >= 0.6 is 11.3 Å². The smallest absolute Gasteiger partial charge is 0.262 e. The van der Waals surface area contributed by atoms with Crippen LogP contribution in [0.25, 0.3) is 0 Å². The highest BCUT2D eigenvalue weighted by molar-refractivity contribution is 7.15. The monoisotopic (exact) mass is 304 g/mol. The third-order valence-corrected chi connectivity index (χ3v) is 4.54. The lowest BCUT2D eigenvalue weighted by molar-refractivity contribution is 0.102. The number of fused-ring (bicyclic) bond motifs is 1. The first-order valence-corrected chi connectivity index (χ1v) is 7.59. The normalized spacial score (nSPS) is 17.3. The van der Waals surface area contributed by atoms with Crippen molar-refractivity contribution in [3.8, 4) is 0 Å². The second-order valence-electron chi connectivity index (χ2n) is 5.24. The Balaban J connectivity index is 1.80. The van der Waals surface area contributed by atoms with E-state index in [1.54, 1.807) is 6.92 Å². The van der Waals surface area contributed by atoms with Gasteiger partial charge in [-0.2, -0.15) is 0 Å². The maximum atomic E-state index is 12.1. The fourth-order valence-electron chi connectivity index (χ4n) is 2.37. The number of nitrogens with zero attached hydrogens (tertiary/aromatic N) is 1. The highest BCUT2D eigenvalue weighted by atomic mass is 32.1. The van der Waals surface area contributed by atoms with E-state index in [1.807, 2.05) is 0 Å². The molecule has 1 atom stereocenters. The van der Waals surface area contributed by atoms with Crippen LogP contribution in [-0.4, -0.2) is 21.9 Å². The van der Waals surface area contributed by atoms with Crippen LogP contribution in [0.2, 0.25) is 0 Å². The van der Waals surface area contributed by atoms with E-state index < -0.39 is 5.91 Å². The third-order valence-electron chi connectivity index (χ3n) is 3.50. The van der Waals surface area contributed by atoms with E-state index >= 15 is 0 Å². The van der Waals surface area contributed by atoms with Crippen LogP contribution in [-0.2, 0) is 12.8 Å². The zero-order chi connectivity index (χ0) is 15.0. The number of thiazole rings is 1. The number of aromatic nitrogens is 2. The van der Waals surface area contributed by atoms with Crippen molar-refractivity contribution in [3.05, 3.63) is 44.3 Å². The number of nitrogens with two attached hydrogens (primary N) is 1. The first-order chi connectivity index (χ1) is 10.0. The number of hydrogen-bond donors (Lipinski definition) is 3. The molecule has 6 nitrogen and oxygen atoms in total. The summed E-state index contributed by atoms with van der Waals surface area (Å²) in [6.07, 6.45) is 3.99. The van der Waals surface area contributed by atoms with Gasteiger partial charge in [0.2, 0.25) is 0 Å². The summed E-state index contributed by atoms with van der Waals surface area (Å²) in [4.78, 5) is 32.3. The van der Waals surface area contributed by atoms with Crippen LogP contribution in [0.1, 0.15) is 33.0 Å². The number of carbonyl (C=O) groups is 1. The summed E-state index contributed by atoms with van der Waals surface area (Å²) in [5.74, 6) is -0.438. The standard InChI is InChI=1S/C14H16N4O2S/c1-7-4-11(19)9(6-16-7)13(20)18-14-17-10-3-2-8(15)5-12(10)21-14/h4,6,8H,2-3,5,15H2,1H3,(H,16,19)(H,17,18,20)/t8-/m0/s1. The molecule has 0 aliphatic heterocycles. The number of nitrogens with one attached hydrogen (secondary N) is 2. The summed E-state index contributed by atoms with van der Waals surface area (Å²) in [6, 6.07) is 1.57. The number of amides is 1. The molecular weight excluding hydrogens is 288 g/mol. The van der Waals surface area contributed by atoms with E-state index in [-0.39, 0.29) is 17.0 Å². The van der Waals surface area contributed by atoms with Crippen molar-refractivity contribution in [1.82, 2.24) is 9.97 Å². The Hall–Kier alpha value is -1.99. The molecule has 0 spiro atoms. The van der Waals surface area contributed by atoms with Gasteiger partial charge in [-0.05, 0) is 26.2 Å². The fraction of sp³-hybridized carbons (Fsp3) is 0.357. The molecule has 21 heavy (non-hydrogen) atoms. The van der Waals surface area contributed by atoms with Crippen molar-refractivity contribution < 1.29 is 4.79 Å². The van der Waals surface area contributed by atoms with E-state index in [2.05, 4.69) is 15.3 Å². The second kappa shape index (κ2) is 5.42. The molecule has 2 heterocycles. The van der Waals surface area contributed by atoms with Gasteiger partial charge in [0.15, 0.2) is 10.6 Å². The molecule has 1 amide bonds. The molecule has 110 valence electrons. The molecule has 1 aliphatic rings. The minimum atomic E-state index is -0.438. The number of anilines is 1. The molecule has 2 aromatic rings. The Morgan fingerprint density at radius 1 is 1.57 bits per heavy atom. The highest BCUT2D eigenvalue weighted by Crippen LogP contribution is 2.29. The van der Waals surface area contributed by atoms with Crippen molar-refractivity contribution in [2.75, 3.05) is 5.32 Å². The summed E-state index contributed by atoms with van der Waals surface area (Å²) in [5.41, 5.74) is 7.45. The molecule has 1 aliphatic carbocycles. The Morgan fingerprint density at radius 3 is 3.14 bits per heavy atom. The average molecular weight is 304 g/mol. The number of H-pyrrole nitrogens is 1. The predicted molar refractivity (Wildman–Crippen MR) is 81.9 cm³/mol. The SMILES string of the molecule is Cc1cc(=O)c(C(=O)Nc2nc3c(s2)C[C@@H](N)CC3)c[nH]1. The third kappa shape index (κ3) is 2.88. The number of aryl methyl sites for hydroxylation is 2. The van der Waals surface area contributed by atoms with Crippen LogP contribution < -0.4 is 16.5 Å². The summed E-state index contributed by atoms with van der Waals surface area (Å²) in [7, 11) is 0. The molecule has 0 saturated heterocycles. The van der Waals surface area contributed by atoms with Gasteiger partial charge in [-0.15, -0.1) is 11.3 Å². The Labute approximate surface area is 125 Å². The summed E-state index contributed by atoms with van der Waals surface area (Å²) < 4.78 is 0. The van der Waals surface area contributed by atoms with Crippen LogP contribution in [0.5, 0.6) is 0 Å². The van der Waals surface area contributed by atoms with Crippen molar-refractivity contribution in [3.63, 3.8) is 0 Å². The van der Waals surface area contributed by atoms with Crippen molar-refractivity contribution in [2.24, 2.45) is 5.73 Å². The van der Waals surface area contributed by atoms with Crippen LogP contribution in [0.15, 0.2) is 17.1 Å². The highest BCUT2D eigenvalue weighted by Gasteiger charge is 2.21. The molecule has 2 aromatic heterocycles. The van der Waals surface area contributed by atoms with E-state index in [1.165, 1.54) is 23.6 Å². The zero-order valence-corrected chi connectivity index (χ0v) is 12.4. The van der Waals surface area contributed by atoms with Gasteiger partial charge < -0.3 is 10.7 Å². The van der Waals surface area contributed by atoms with E-state index in [9.17, 15) is 9.59 Å². The fourth-order valence-corrected chi connectivity index (χ4v) is 3.46. The minimum Gasteiger partial charge on any atom is -0.364 e. The first kappa shape index (κ1) is 14.0. The number of pyridine rings is 1. The molecule has 7 heteroatoms. The number of aromatic amines is 1. The van der Waals surface area contributed by atoms with Crippen LogP contribution in [0, 0.1) is 6.92 Å². The van der Waals surface area contributed by atoms with Crippen molar-refractivity contribution in [2.45, 2.75) is 32.2 Å². The molecule has 0 aromatic carbocycles. The molecule has 0 saturated carbocycles. The molecule has 0 radical (unpaired) electrons. The lowest BCUT2D eigenvalue weighted by Crippen LogP contribution is -2.27. The summed E-state index contributed by atoms with van der Waals surface area (Å²) in [5, 5.41) is 3.23. The lowest BCUT2D eigenvalue weighted by atomic mass is 9.99. The number of carbonyl (C=O) groups excluding carboxylic acids is 1. The summed E-state index contributed by atoms with van der Waals surface area (Å²) in [6.45, 7) is 1.77. The number of rotatable bonds is 2. The van der Waals surface area contributed by atoms with Gasteiger partial charge >= 0.3 is 0 Å². The van der Waals surface area contributed by atoms with E-state index in [0.29, 0.717) is 5.13 Å². The largest absolute Gasteiger partial charge is 0.364 e. The molecular formula is C14H16N4O2S. The minimum absolute atomic E-state index is 0.0884. The first-order valence-electron chi connectivity index (χ1n) is 6.78. The Kier molecular flexibility index (Phi) is 3.60. The van der Waals surface area contributed by atoms with Gasteiger partial charge in [-0.25, -0.2) is 4.98 Å². The maximum Gasteiger partial charge on any atom is 0.262 e. The Morgan fingerprint density at radius 2 is 2.38 bits per heavy atom. The van der Waals surface area contributed by atoms with Gasteiger partial charge in [0.05, 0.1) is 5.69 Å². The second-order valence-corrected chi connectivity index (χ2v) is 6.32. The van der Waals surface area contributed by atoms with Crippen LogP contribution in [0.3, 0.4) is 0 Å². The molecule has 4 N–H and O–H groups in total. The van der Waals surface area contributed by atoms with Crippen molar-refractivity contribution >= 4 is 22.4 Å². The Bertz CT molecular complexity index is 750. The number of hydrogen-bond acceptors (Lipinski definition) is 5. The van der Waals surface area contributed by atoms with Gasteiger partial charge in [0, 0.05) is 28.9 Å². The predicted octanol–water partition coefficient (Wildman–Crippen LogP) is 1.21. The average Bonchev–Trinajstić information content (AvgIpc) is 2.79. The quantitative estimate of drug-likeness (QED) is 0.776. The molecule has 0 unspecified atom stereocenters. The van der Waals surface area contributed by atoms with Gasteiger partial charge in [-0.3, -0.25) is 14.9 Å². The van der Waals surface area contributed by atoms with Gasteiger partial charge in [0.1, 0.15) is 5.56 Å². The van der Waals surface area contributed by atoms with E-state index in [0.717, 1.165) is 35.5 Å². The van der Waals surface area contributed by atoms with Gasteiger partial charge in [0.25, 0.3) is 5.91 Å². The maximum absolute atomic E-state index is 12.1. The van der Waals surface area contributed by atoms with Crippen molar-refractivity contribution in [1.29, 1.82) is 0 Å². The molecule has 0 bridgehead atoms. The molecule has 0 fully saturated rings. The zero-order valence-electron chi connectivity index (χ0n) is 11.6. The summed E-state index contributed by atoms with van der Waals surface area (Å²) >= 11 is 1.44. The topological polar surface area (TPSA) is 101 Å². The lowest BCUT2D eigenvalue weighted by Gasteiger charge is -2.15. The van der Waals surface area contributed by atoms with Crippen LogP contribution in [0.4, 0.5) is 5.13 Å². The van der Waals surface area contributed by atoms with Gasteiger partial charge in [-0.1, -0.05) is 0 Å².